The molecule has 0 fully saturated rings. The van der Waals surface area contributed by atoms with Crippen LogP contribution in [0.25, 0.3) is 0 Å². The molecule has 1 unspecified atom stereocenters. The van der Waals surface area contributed by atoms with Crippen molar-refractivity contribution in [3.8, 4) is 11.5 Å². The average molecular weight is 324 g/mol. The first-order valence-electron chi connectivity index (χ1n) is 7.92. The highest BCUT2D eigenvalue weighted by Gasteiger charge is 2.10. The van der Waals surface area contributed by atoms with E-state index in [9.17, 15) is 0 Å². The number of methoxy groups -OCH3 is 1. The molecule has 0 heterocycles. The van der Waals surface area contributed by atoms with E-state index in [1.165, 1.54) is 0 Å². The minimum atomic E-state index is -0.385. The molecule has 0 saturated carbocycles. The fourth-order valence-electron chi connectivity index (χ4n) is 1.95. The molecule has 0 aliphatic carbocycles. The quantitative estimate of drug-likeness (QED) is 0.317. The highest BCUT2D eigenvalue weighted by molar-refractivity contribution is 5.43. The lowest BCUT2D eigenvalue weighted by Gasteiger charge is -2.18. The monoisotopic (exact) mass is 324 g/mol. The van der Waals surface area contributed by atoms with Crippen LogP contribution in [0.2, 0.25) is 0 Å². The highest BCUT2D eigenvalue weighted by Crippen LogP contribution is 2.29. The van der Waals surface area contributed by atoms with Crippen LogP contribution >= 0.6 is 0 Å². The second-order valence-corrected chi connectivity index (χ2v) is 4.84. The number of allylic oxidation sites excluding steroid dienone is 1. The Hall–Kier alpha value is -1.56. The molecule has 0 bridgehead atoms. The zero-order valence-corrected chi connectivity index (χ0v) is 14.4. The van der Waals surface area contributed by atoms with Crippen molar-refractivity contribution in [2.75, 3.05) is 40.1 Å². The van der Waals surface area contributed by atoms with Crippen LogP contribution < -0.4 is 9.47 Å². The first kappa shape index (κ1) is 19.5. The van der Waals surface area contributed by atoms with Crippen LogP contribution in [0, 0.1) is 0 Å². The van der Waals surface area contributed by atoms with Gasteiger partial charge in [-0.2, -0.15) is 0 Å². The molecule has 0 aliphatic rings. The number of benzene rings is 1. The molecule has 1 atom stereocenters. The van der Waals surface area contributed by atoms with Gasteiger partial charge in [0, 0.05) is 6.61 Å². The number of hydrogen-bond acceptors (Lipinski definition) is 5. The SMILES string of the molecule is C=CCc1ccc(OC(C)OCCOCCOCC)c(OC)c1. The summed E-state index contributed by atoms with van der Waals surface area (Å²) >= 11 is 0. The summed E-state index contributed by atoms with van der Waals surface area (Å²) in [5.74, 6) is 1.35. The summed E-state index contributed by atoms with van der Waals surface area (Å²) in [6, 6.07) is 5.82. The molecule has 0 aliphatic heterocycles. The molecular weight excluding hydrogens is 296 g/mol. The molecule has 0 saturated heterocycles. The van der Waals surface area contributed by atoms with Gasteiger partial charge in [-0.1, -0.05) is 12.1 Å². The van der Waals surface area contributed by atoms with E-state index in [1.807, 2.05) is 38.1 Å². The van der Waals surface area contributed by atoms with E-state index in [2.05, 4.69) is 6.58 Å². The first-order valence-corrected chi connectivity index (χ1v) is 7.92. The number of rotatable bonds is 13. The zero-order valence-electron chi connectivity index (χ0n) is 14.4. The molecule has 1 aromatic carbocycles. The second kappa shape index (κ2) is 11.9. The van der Waals surface area contributed by atoms with Gasteiger partial charge >= 0.3 is 0 Å². The Labute approximate surface area is 139 Å². The van der Waals surface area contributed by atoms with E-state index in [0.717, 1.165) is 12.0 Å². The molecule has 0 N–H and O–H groups in total. The van der Waals surface area contributed by atoms with Crippen molar-refractivity contribution in [3.63, 3.8) is 0 Å². The summed E-state index contributed by atoms with van der Waals surface area (Å²) in [6.07, 6.45) is 2.26. The molecule has 0 amide bonds. The van der Waals surface area contributed by atoms with Crippen molar-refractivity contribution in [1.29, 1.82) is 0 Å². The van der Waals surface area contributed by atoms with Crippen LogP contribution in [-0.4, -0.2) is 46.4 Å². The largest absolute Gasteiger partial charge is 0.493 e. The summed E-state index contributed by atoms with van der Waals surface area (Å²) in [5, 5.41) is 0. The van der Waals surface area contributed by atoms with Gasteiger partial charge < -0.3 is 23.7 Å². The van der Waals surface area contributed by atoms with Gasteiger partial charge in [0.2, 0.25) is 0 Å². The van der Waals surface area contributed by atoms with Crippen molar-refractivity contribution in [3.05, 3.63) is 36.4 Å². The Morgan fingerprint density at radius 2 is 1.83 bits per heavy atom. The summed E-state index contributed by atoms with van der Waals surface area (Å²) in [4.78, 5) is 0. The molecule has 0 radical (unpaired) electrons. The van der Waals surface area contributed by atoms with Crippen LogP contribution in [0.1, 0.15) is 19.4 Å². The van der Waals surface area contributed by atoms with Gasteiger partial charge in [0.1, 0.15) is 0 Å². The molecule has 0 spiro atoms. The summed E-state index contributed by atoms with van der Waals surface area (Å²) in [7, 11) is 1.62. The lowest BCUT2D eigenvalue weighted by atomic mass is 10.1. The maximum Gasteiger partial charge on any atom is 0.197 e. The zero-order chi connectivity index (χ0) is 16.9. The van der Waals surface area contributed by atoms with Crippen molar-refractivity contribution < 1.29 is 23.7 Å². The van der Waals surface area contributed by atoms with Crippen molar-refractivity contribution in [2.24, 2.45) is 0 Å². The predicted molar refractivity (Wildman–Crippen MR) is 90.2 cm³/mol. The van der Waals surface area contributed by atoms with Crippen molar-refractivity contribution >= 4 is 0 Å². The van der Waals surface area contributed by atoms with E-state index in [1.54, 1.807) is 7.11 Å². The normalized spacial score (nSPS) is 12.0. The van der Waals surface area contributed by atoms with Crippen LogP contribution in [-0.2, 0) is 20.6 Å². The minimum Gasteiger partial charge on any atom is -0.493 e. The van der Waals surface area contributed by atoms with E-state index in [0.29, 0.717) is 44.5 Å². The summed E-state index contributed by atoms with van der Waals surface area (Å²) < 4.78 is 27.3. The van der Waals surface area contributed by atoms with Gasteiger partial charge in [-0.05, 0) is 38.0 Å². The molecule has 1 aromatic rings. The van der Waals surface area contributed by atoms with E-state index < -0.39 is 0 Å². The van der Waals surface area contributed by atoms with Crippen LogP contribution in [0.5, 0.6) is 11.5 Å². The van der Waals surface area contributed by atoms with Gasteiger partial charge in [0.05, 0.1) is 33.5 Å². The molecule has 130 valence electrons. The molecule has 5 heteroatoms. The minimum absolute atomic E-state index is 0.385. The first-order chi connectivity index (χ1) is 11.2. The van der Waals surface area contributed by atoms with Crippen LogP contribution in [0.3, 0.4) is 0 Å². The topological polar surface area (TPSA) is 46.2 Å². The van der Waals surface area contributed by atoms with Gasteiger partial charge in [-0.3, -0.25) is 0 Å². The second-order valence-electron chi connectivity index (χ2n) is 4.84. The van der Waals surface area contributed by atoms with E-state index in [4.69, 9.17) is 23.7 Å². The standard InChI is InChI=1S/C18H28O5/c1-5-7-16-8-9-17(18(14-16)19-4)23-15(3)22-13-12-21-11-10-20-6-2/h5,8-9,14-15H,1,6-7,10-13H2,2-4H3. The average Bonchev–Trinajstić information content (AvgIpc) is 2.55. The van der Waals surface area contributed by atoms with E-state index >= 15 is 0 Å². The van der Waals surface area contributed by atoms with Gasteiger partial charge in [-0.15, -0.1) is 6.58 Å². The van der Waals surface area contributed by atoms with Crippen molar-refractivity contribution in [2.45, 2.75) is 26.6 Å². The maximum absolute atomic E-state index is 5.76. The van der Waals surface area contributed by atoms with Crippen molar-refractivity contribution in [1.82, 2.24) is 0 Å². The molecule has 1 rings (SSSR count). The molecular formula is C18H28O5. The van der Waals surface area contributed by atoms with Gasteiger partial charge in [-0.25, -0.2) is 0 Å². The fraction of sp³-hybridized carbons (Fsp3) is 0.556. The Kier molecular flexibility index (Phi) is 10.1. The fourth-order valence-corrected chi connectivity index (χ4v) is 1.95. The van der Waals surface area contributed by atoms with Crippen LogP contribution in [0.15, 0.2) is 30.9 Å². The van der Waals surface area contributed by atoms with E-state index in [-0.39, 0.29) is 6.29 Å². The smallest absolute Gasteiger partial charge is 0.197 e. The highest BCUT2D eigenvalue weighted by atomic mass is 16.7. The maximum atomic E-state index is 5.76. The Bertz CT molecular complexity index is 447. The molecule has 5 nitrogen and oxygen atoms in total. The Morgan fingerprint density at radius 3 is 2.52 bits per heavy atom. The molecule has 0 aromatic heterocycles. The third-order valence-electron chi connectivity index (χ3n) is 3.06. The van der Waals surface area contributed by atoms with Gasteiger partial charge in [0.15, 0.2) is 17.8 Å². The Morgan fingerprint density at radius 1 is 1.09 bits per heavy atom. The third-order valence-corrected chi connectivity index (χ3v) is 3.06. The Balaban J connectivity index is 2.33. The lowest BCUT2D eigenvalue weighted by Crippen LogP contribution is -2.20. The summed E-state index contributed by atoms with van der Waals surface area (Å²) in [6.45, 7) is 10.4. The van der Waals surface area contributed by atoms with Gasteiger partial charge in [0.25, 0.3) is 0 Å². The third kappa shape index (κ3) is 8.02. The number of ether oxygens (including phenoxy) is 5. The summed E-state index contributed by atoms with van der Waals surface area (Å²) in [5.41, 5.74) is 1.13. The predicted octanol–water partition coefficient (Wildman–Crippen LogP) is 3.22. The lowest BCUT2D eigenvalue weighted by molar-refractivity contribution is -0.0866. The van der Waals surface area contributed by atoms with Crippen LogP contribution in [0.4, 0.5) is 0 Å². The molecule has 23 heavy (non-hydrogen) atoms. The number of hydrogen-bond donors (Lipinski definition) is 0.